The number of carboxylic acids is 1. The van der Waals surface area contributed by atoms with E-state index in [1.165, 1.54) is 0 Å². The number of aliphatic imine (C=N–C) groups is 1. The maximum absolute atomic E-state index is 12.4. The summed E-state index contributed by atoms with van der Waals surface area (Å²) in [6, 6.07) is -2.25. The van der Waals surface area contributed by atoms with Crippen molar-refractivity contribution >= 4 is 33.8 Å². The van der Waals surface area contributed by atoms with Gasteiger partial charge >= 0.3 is 12.1 Å². The summed E-state index contributed by atoms with van der Waals surface area (Å²) in [5.41, 5.74) is 10.4. The van der Waals surface area contributed by atoms with Crippen molar-refractivity contribution in [3.05, 3.63) is 0 Å². The number of aliphatic carboxylic acids is 1. The van der Waals surface area contributed by atoms with Crippen LogP contribution < -0.4 is 22.1 Å². The van der Waals surface area contributed by atoms with Crippen LogP contribution >= 0.6 is 0 Å². The summed E-state index contributed by atoms with van der Waals surface area (Å²) in [5, 5.41) is 13.9. The maximum atomic E-state index is 12.4. The Morgan fingerprint density at radius 2 is 1.79 bits per heavy atom. The molecule has 0 radical (unpaired) electrons. The highest BCUT2D eigenvalue weighted by molar-refractivity contribution is 7.90. The predicted molar refractivity (Wildman–Crippen MR) is 102 cm³/mol. The molecule has 0 bridgehead atoms. The second kappa shape index (κ2) is 12.0. The number of amides is 2. The Balaban J connectivity index is 4.77. The van der Waals surface area contributed by atoms with Crippen LogP contribution in [0.1, 0.15) is 26.7 Å². The fourth-order valence-corrected chi connectivity index (χ4v) is 2.40. The van der Waals surface area contributed by atoms with Crippen molar-refractivity contribution in [2.75, 3.05) is 25.2 Å². The van der Waals surface area contributed by atoms with Crippen molar-refractivity contribution in [1.82, 2.24) is 10.6 Å². The van der Waals surface area contributed by atoms with Crippen LogP contribution in [0.5, 0.6) is 0 Å². The molecule has 0 aromatic carbocycles. The Bertz CT molecular complexity index is 674. The third-order valence-electron chi connectivity index (χ3n) is 3.47. The van der Waals surface area contributed by atoms with Crippen molar-refractivity contribution in [3.63, 3.8) is 0 Å². The number of rotatable bonds is 12. The first-order valence-corrected chi connectivity index (χ1v) is 10.6. The molecule has 13 heteroatoms. The number of hydrogen-bond donors (Lipinski definition) is 5. The Kier molecular flexibility index (Phi) is 10.9. The quantitative estimate of drug-likeness (QED) is 0.139. The Hall–Kier alpha value is -2.57. The van der Waals surface area contributed by atoms with E-state index in [2.05, 4.69) is 15.6 Å². The van der Waals surface area contributed by atoms with Crippen LogP contribution in [0, 0.1) is 5.92 Å². The average molecular weight is 423 g/mol. The van der Waals surface area contributed by atoms with Gasteiger partial charge in [-0.25, -0.2) is 18.0 Å². The summed E-state index contributed by atoms with van der Waals surface area (Å²) in [6.07, 6.45) is 0.430. The highest BCUT2D eigenvalue weighted by Gasteiger charge is 2.29. The first-order chi connectivity index (χ1) is 12.8. The van der Waals surface area contributed by atoms with Crippen LogP contribution in [0.2, 0.25) is 0 Å². The van der Waals surface area contributed by atoms with Gasteiger partial charge in [-0.05, 0) is 18.8 Å². The number of carbonyl (C=O) groups excluding carboxylic acids is 2. The molecule has 0 saturated heterocycles. The number of sulfone groups is 1. The van der Waals surface area contributed by atoms with Gasteiger partial charge in [0.15, 0.2) is 15.8 Å². The predicted octanol–water partition coefficient (Wildman–Crippen LogP) is -1.60. The molecule has 2 atom stereocenters. The van der Waals surface area contributed by atoms with Gasteiger partial charge in [0.1, 0.15) is 18.7 Å². The second-order valence-corrected chi connectivity index (χ2v) is 8.74. The van der Waals surface area contributed by atoms with E-state index in [-0.39, 0.29) is 37.2 Å². The molecule has 7 N–H and O–H groups in total. The summed E-state index contributed by atoms with van der Waals surface area (Å²) in [5.74, 6) is -2.79. The van der Waals surface area contributed by atoms with Crippen molar-refractivity contribution in [2.45, 2.75) is 38.8 Å². The van der Waals surface area contributed by atoms with E-state index in [1.807, 2.05) is 0 Å². The lowest BCUT2D eigenvalue weighted by atomic mass is 10.0. The van der Waals surface area contributed by atoms with Gasteiger partial charge in [0, 0.05) is 12.8 Å². The van der Waals surface area contributed by atoms with E-state index >= 15 is 0 Å². The number of nitrogens with zero attached hydrogens (tertiary/aromatic N) is 1. The van der Waals surface area contributed by atoms with Crippen molar-refractivity contribution in [3.8, 4) is 0 Å². The number of nitrogens with two attached hydrogens (primary N) is 2. The molecule has 28 heavy (non-hydrogen) atoms. The minimum absolute atomic E-state index is 0.0848. The lowest BCUT2D eigenvalue weighted by Gasteiger charge is -2.23. The first-order valence-electron chi connectivity index (χ1n) is 8.53. The summed E-state index contributed by atoms with van der Waals surface area (Å²) < 4.78 is 26.8. The van der Waals surface area contributed by atoms with Gasteiger partial charge in [0.25, 0.3) is 0 Å². The number of guanidine groups is 1. The molecule has 0 heterocycles. The SMILES string of the molecule is CC(C)[C@H](NC(=O)OCCS(C)(=O)=O)C(=O)N[C@@H](CCCN=C(N)N)C(=O)O. The molecule has 0 spiro atoms. The highest BCUT2D eigenvalue weighted by Crippen LogP contribution is 2.05. The molecule has 0 aliphatic carbocycles. The Morgan fingerprint density at radius 1 is 1.18 bits per heavy atom. The molecular formula is C15H29N5O7S. The smallest absolute Gasteiger partial charge is 0.407 e. The zero-order valence-corrected chi connectivity index (χ0v) is 17.0. The molecule has 0 unspecified atom stereocenters. The lowest BCUT2D eigenvalue weighted by Crippen LogP contribution is -2.53. The van der Waals surface area contributed by atoms with Gasteiger partial charge in [-0.1, -0.05) is 13.8 Å². The van der Waals surface area contributed by atoms with Crippen LogP contribution in [0.15, 0.2) is 4.99 Å². The number of hydrogen-bond acceptors (Lipinski definition) is 7. The van der Waals surface area contributed by atoms with Crippen LogP contribution in [-0.2, 0) is 24.2 Å². The van der Waals surface area contributed by atoms with Gasteiger partial charge in [0.2, 0.25) is 5.91 Å². The minimum Gasteiger partial charge on any atom is -0.480 e. The van der Waals surface area contributed by atoms with Crippen LogP contribution in [0.4, 0.5) is 4.79 Å². The number of ether oxygens (including phenoxy) is 1. The fourth-order valence-electron chi connectivity index (χ4n) is 2.01. The van der Waals surface area contributed by atoms with Gasteiger partial charge in [-0.15, -0.1) is 0 Å². The molecular weight excluding hydrogens is 394 g/mol. The van der Waals surface area contributed by atoms with E-state index < -0.39 is 39.9 Å². The van der Waals surface area contributed by atoms with Crippen LogP contribution in [0.25, 0.3) is 0 Å². The number of nitrogens with one attached hydrogen (secondary N) is 2. The third-order valence-corrected chi connectivity index (χ3v) is 4.38. The molecule has 0 aromatic heterocycles. The normalized spacial score (nSPS) is 13.3. The van der Waals surface area contributed by atoms with E-state index in [0.29, 0.717) is 6.42 Å². The summed E-state index contributed by atoms with van der Waals surface area (Å²) in [4.78, 5) is 39.3. The standard InChI is InChI=1S/C15H29N5O7S/c1-9(2)11(20-15(24)27-7-8-28(3,25)26)12(21)19-10(13(22)23)5-4-6-18-14(16)17/h9-11H,4-8H2,1-3H3,(H,19,21)(H,20,24)(H,22,23)(H4,16,17,18)/t10-,11-/m0/s1. The van der Waals surface area contributed by atoms with Crippen molar-refractivity contribution < 1.29 is 32.6 Å². The first kappa shape index (κ1) is 25.4. The Morgan fingerprint density at radius 3 is 2.25 bits per heavy atom. The zero-order valence-electron chi connectivity index (χ0n) is 16.2. The average Bonchev–Trinajstić information content (AvgIpc) is 2.53. The summed E-state index contributed by atoms with van der Waals surface area (Å²) in [7, 11) is -3.30. The lowest BCUT2D eigenvalue weighted by molar-refractivity contribution is -0.142. The van der Waals surface area contributed by atoms with E-state index in [0.717, 1.165) is 6.26 Å². The van der Waals surface area contributed by atoms with Crippen molar-refractivity contribution in [1.29, 1.82) is 0 Å². The van der Waals surface area contributed by atoms with E-state index in [4.69, 9.17) is 16.2 Å². The number of carboxylic acid groups (broad SMARTS) is 1. The molecule has 0 rings (SSSR count). The monoisotopic (exact) mass is 423 g/mol. The van der Waals surface area contributed by atoms with Gasteiger partial charge in [-0.2, -0.15) is 0 Å². The number of alkyl carbamates (subject to hydrolysis) is 1. The van der Waals surface area contributed by atoms with Crippen molar-refractivity contribution in [2.24, 2.45) is 22.4 Å². The second-order valence-electron chi connectivity index (χ2n) is 6.48. The largest absolute Gasteiger partial charge is 0.480 e. The molecule has 2 amide bonds. The topological polar surface area (TPSA) is 203 Å². The van der Waals surface area contributed by atoms with E-state index in [1.54, 1.807) is 13.8 Å². The molecule has 0 aliphatic rings. The molecule has 0 saturated carbocycles. The molecule has 0 fully saturated rings. The fraction of sp³-hybridized carbons (Fsp3) is 0.733. The zero-order chi connectivity index (χ0) is 21.9. The molecule has 12 nitrogen and oxygen atoms in total. The van der Waals surface area contributed by atoms with Gasteiger partial charge in [-0.3, -0.25) is 9.79 Å². The van der Waals surface area contributed by atoms with Gasteiger partial charge in [0.05, 0.1) is 5.75 Å². The Labute approximate surface area is 164 Å². The summed E-state index contributed by atoms with van der Waals surface area (Å²) >= 11 is 0. The molecule has 0 aromatic rings. The molecule has 0 aliphatic heterocycles. The highest BCUT2D eigenvalue weighted by atomic mass is 32.2. The third kappa shape index (κ3) is 11.9. The minimum atomic E-state index is -3.30. The van der Waals surface area contributed by atoms with E-state index in [9.17, 15) is 27.9 Å². The van der Waals surface area contributed by atoms with Gasteiger partial charge < -0.3 is 31.9 Å². The number of carbonyl (C=O) groups is 3. The maximum Gasteiger partial charge on any atom is 0.407 e. The summed E-state index contributed by atoms with van der Waals surface area (Å²) in [6.45, 7) is 3.14. The van der Waals surface area contributed by atoms with Crippen LogP contribution in [0.3, 0.4) is 0 Å². The molecule has 162 valence electrons. The van der Waals surface area contributed by atoms with Crippen LogP contribution in [-0.4, -0.2) is 74.7 Å².